The molecule has 2 unspecified atom stereocenters. The molecule has 0 bridgehead atoms. The molecule has 5 nitrogen and oxygen atoms in total. The zero-order valence-electron chi connectivity index (χ0n) is 12.4. The van der Waals surface area contributed by atoms with Crippen molar-refractivity contribution in [2.24, 2.45) is 11.8 Å². The molecule has 1 aromatic carbocycles. The Balaban J connectivity index is 1.96. The molecule has 22 heavy (non-hydrogen) atoms. The molecule has 1 aromatic rings. The van der Waals surface area contributed by atoms with E-state index in [4.69, 9.17) is 22.1 Å². The van der Waals surface area contributed by atoms with Crippen molar-refractivity contribution in [3.8, 4) is 0 Å². The van der Waals surface area contributed by atoms with E-state index in [1.54, 1.807) is 19.1 Å². The predicted octanol–water partition coefficient (Wildman–Crippen LogP) is 2.04. The number of carboxylic acids is 1. The van der Waals surface area contributed by atoms with Crippen molar-refractivity contribution in [1.29, 1.82) is 0 Å². The van der Waals surface area contributed by atoms with Gasteiger partial charge in [0.05, 0.1) is 17.2 Å². The Morgan fingerprint density at radius 1 is 1.36 bits per heavy atom. The van der Waals surface area contributed by atoms with E-state index in [2.05, 4.69) is 5.32 Å². The summed E-state index contributed by atoms with van der Waals surface area (Å²) in [7, 11) is 0. The second-order valence-corrected chi connectivity index (χ2v) is 5.72. The number of carbonyl (C=O) groups excluding carboxylic acids is 1. The van der Waals surface area contributed by atoms with Crippen molar-refractivity contribution >= 4 is 29.1 Å². The van der Waals surface area contributed by atoms with Gasteiger partial charge in [-0.25, -0.2) is 4.79 Å². The number of carboxylic acid groups (broad SMARTS) is 1. The van der Waals surface area contributed by atoms with Gasteiger partial charge in [0.2, 0.25) is 0 Å². The first-order valence-electron chi connectivity index (χ1n) is 7.29. The molecular formula is C16H19NO4S. The molecule has 0 saturated carbocycles. The number of rotatable bonds is 6. The van der Waals surface area contributed by atoms with Crippen LogP contribution >= 0.6 is 12.2 Å². The third-order valence-electron chi connectivity index (χ3n) is 3.84. The van der Waals surface area contributed by atoms with Crippen molar-refractivity contribution in [2.45, 2.75) is 19.8 Å². The lowest BCUT2D eigenvalue weighted by molar-refractivity contribution is -0.146. The molecule has 0 radical (unpaired) electrons. The maximum absolute atomic E-state index is 12.0. The second-order valence-electron chi connectivity index (χ2n) is 5.28. The summed E-state index contributed by atoms with van der Waals surface area (Å²) in [5.41, 5.74) is 1.32. The first kappa shape index (κ1) is 16.4. The van der Waals surface area contributed by atoms with Gasteiger partial charge in [-0.05, 0) is 43.4 Å². The topological polar surface area (TPSA) is 75.6 Å². The summed E-state index contributed by atoms with van der Waals surface area (Å²) in [6.07, 6.45) is 1.56. The van der Waals surface area contributed by atoms with Crippen LogP contribution in [0.2, 0.25) is 0 Å². The lowest BCUT2D eigenvalue weighted by Gasteiger charge is -2.16. The highest BCUT2D eigenvalue weighted by Gasteiger charge is 2.37. The molecule has 0 aliphatic carbocycles. The maximum Gasteiger partial charge on any atom is 0.335 e. The van der Waals surface area contributed by atoms with Crippen LogP contribution in [-0.2, 0) is 16.0 Å². The van der Waals surface area contributed by atoms with Gasteiger partial charge >= 0.3 is 11.9 Å². The quantitative estimate of drug-likeness (QED) is 0.617. The van der Waals surface area contributed by atoms with Crippen molar-refractivity contribution in [3.63, 3.8) is 0 Å². The lowest BCUT2D eigenvalue weighted by Crippen LogP contribution is -2.28. The minimum absolute atomic E-state index is 0.116. The van der Waals surface area contributed by atoms with E-state index in [1.165, 1.54) is 0 Å². The Hall–Kier alpha value is -1.95. The summed E-state index contributed by atoms with van der Waals surface area (Å²) in [5.74, 6) is -1.44. The van der Waals surface area contributed by atoms with Gasteiger partial charge in [-0.15, -0.1) is 0 Å². The van der Waals surface area contributed by atoms with E-state index < -0.39 is 5.97 Å². The van der Waals surface area contributed by atoms with E-state index >= 15 is 0 Å². The maximum atomic E-state index is 12.0. The average Bonchev–Trinajstić information content (AvgIpc) is 2.86. The zero-order chi connectivity index (χ0) is 16.1. The Bertz CT molecular complexity index is 570. The van der Waals surface area contributed by atoms with Crippen molar-refractivity contribution in [2.75, 3.05) is 13.2 Å². The van der Waals surface area contributed by atoms with Crippen LogP contribution in [0.15, 0.2) is 24.3 Å². The van der Waals surface area contributed by atoms with Crippen molar-refractivity contribution in [3.05, 3.63) is 35.4 Å². The van der Waals surface area contributed by atoms with E-state index in [9.17, 15) is 9.59 Å². The molecule has 0 amide bonds. The summed E-state index contributed by atoms with van der Waals surface area (Å²) >= 11 is 5.21. The molecule has 118 valence electrons. The molecule has 2 rings (SSSR count). The van der Waals surface area contributed by atoms with Crippen LogP contribution in [-0.4, -0.2) is 35.2 Å². The second kappa shape index (κ2) is 7.35. The lowest BCUT2D eigenvalue weighted by atomic mass is 9.90. The number of hydrogen-bond acceptors (Lipinski definition) is 4. The standard InChI is InChI=1S/C16H19NO4S/c1-2-21-16(20)13-12(9-17-14(13)22)8-5-10-3-6-11(7-4-10)15(18)19/h3-4,6-7,12-13H,2,5,8-9H2,1H3,(H,17,22)(H,18,19). The Morgan fingerprint density at radius 3 is 2.64 bits per heavy atom. The predicted molar refractivity (Wildman–Crippen MR) is 85.9 cm³/mol. The number of aryl methyl sites for hydroxylation is 1. The number of benzene rings is 1. The van der Waals surface area contributed by atoms with Gasteiger partial charge in [0.1, 0.15) is 5.92 Å². The molecule has 6 heteroatoms. The molecular weight excluding hydrogens is 302 g/mol. The van der Waals surface area contributed by atoms with Gasteiger partial charge in [0.15, 0.2) is 0 Å². The molecule has 1 aliphatic heterocycles. The monoisotopic (exact) mass is 321 g/mol. The number of thiocarbonyl (C=S) groups is 1. The van der Waals surface area contributed by atoms with Gasteiger partial charge in [-0.3, -0.25) is 4.79 Å². The summed E-state index contributed by atoms with van der Waals surface area (Å²) in [4.78, 5) is 23.4. The Labute approximate surface area is 134 Å². The van der Waals surface area contributed by atoms with Crippen LogP contribution < -0.4 is 5.32 Å². The zero-order valence-corrected chi connectivity index (χ0v) is 13.2. The third-order valence-corrected chi connectivity index (χ3v) is 4.24. The molecule has 1 saturated heterocycles. The molecule has 1 heterocycles. The van der Waals surface area contributed by atoms with E-state index in [1.807, 2.05) is 12.1 Å². The third kappa shape index (κ3) is 3.82. The molecule has 0 spiro atoms. The van der Waals surface area contributed by atoms with Crippen LogP contribution in [0.3, 0.4) is 0 Å². The molecule has 1 aliphatic rings. The van der Waals surface area contributed by atoms with Crippen molar-refractivity contribution in [1.82, 2.24) is 5.32 Å². The van der Waals surface area contributed by atoms with E-state index in [0.29, 0.717) is 18.1 Å². The minimum Gasteiger partial charge on any atom is -0.478 e. The normalized spacial score (nSPS) is 20.5. The van der Waals surface area contributed by atoms with Crippen LogP contribution in [0.4, 0.5) is 0 Å². The molecule has 2 N–H and O–H groups in total. The van der Waals surface area contributed by atoms with Crippen LogP contribution in [0.5, 0.6) is 0 Å². The smallest absolute Gasteiger partial charge is 0.335 e. The minimum atomic E-state index is -0.931. The van der Waals surface area contributed by atoms with Gasteiger partial charge < -0.3 is 15.2 Å². The van der Waals surface area contributed by atoms with Crippen LogP contribution in [0.25, 0.3) is 0 Å². The fourth-order valence-corrected chi connectivity index (χ4v) is 3.01. The van der Waals surface area contributed by atoms with Crippen LogP contribution in [0, 0.1) is 11.8 Å². The number of hydrogen-bond donors (Lipinski definition) is 2. The molecule has 2 atom stereocenters. The molecule has 1 fully saturated rings. The van der Waals surface area contributed by atoms with Crippen LogP contribution in [0.1, 0.15) is 29.3 Å². The summed E-state index contributed by atoms with van der Waals surface area (Å²) in [6, 6.07) is 6.81. The largest absolute Gasteiger partial charge is 0.478 e. The highest BCUT2D eigenvalue weighted by molar-refractivity contribution is 7.80. The first-order valence-corrected chi connectivity index (χ1v) is 7.70. The van der Waals surface area contributed by atoms with E-state index in [-0.39, 0.29) is 23.4 Å². The molecule has 0 aromatic heterocycles. The SMILES string of the molecule is CCOC(=O)C1C(=S)NCC1CCc1ccc(C(=O)O)cc1. The number of esters is 1. The Kier molecular flexibility index (Phi) is 5.49. The number of aromatic carboxylic acids is 1. The summed E-state index contributed by atoms with van der Waals surface area (Å²) < 4.78 is 5.09. The first-order chi connectivity index (χ1) is 10.5. The fraction of sp³-hybridized carbons (Fsp3) is 0.438. The van der Waals surface area contributed by atoms with E-state index in [0.717, 1.165) is 18.4 Å². The average molecular weight is 321 g/mol. The Morgan fingerprint density at radius 2 is 2.05 bits per heavy atom. The number of ether oxygens (including phenoxy) is 1. The number of nitrogens with one attached hydrogen (secondary N) is 1. The fourth-order valence-electron chi connectivity index (χ4n) is 2.64. The van der Waals surface area contributed by atoms with Gasteiger partial charge in [0, 0.05) is 6.54 Å². The highest BCUT2D eigenvalue weighted by Crippen LogP contribution is 2.25. The van der Waals surface area contributed by atoms with Gasteiger partial charge in [0.25, 0.3) is 0 Å². The van der Waals surface area contributed by atoms with Gasteiger partial charge in [-0.1, -0.05) is 24.4 Å². The summed E-state index contributed by atoms with van der Waals surface area (Å²) in [5, 5.41) is 12.0. The summed E-state index contributed by atoms with van der Waals surface area (Å²) in [6.45, 7) is 2.80. The van der Waals surface area contributed by atoms with Crippen molar-refractivity contribution < 1.29 is 19.4 Å². The highest BCUT2D eigenvalue weighted by atomic mass is 32.1. The van der Waals surface area contributed by atoms with Gasteiger partial charge in [-0.2, -0.15) is 0 Å². The number of carbonyl (C=O) groups is 2.